The third-order valence-corrected chi connectivity index (χ3v) is 3.48. The monoisotopic (exact) mass is 261 g/mol. The van der Waals surface area contributed by atoms with Crippen LogP contribution in [0, 0.1) is 5.92 Å². The smallest absolute Gasteiger partial charge is 0.338 e. The Morgan fingerprint density at radius 3 is 2.47 bits per heavy atom. The van der Waals surface area contributed by atoms with Gasteiger partial charge in [-0.3, -0.25) is 0 Å². The summed E-state index contributed by atoms with van der Waals surface area (Å²) in [6.07, 6.45) is 2.87. The topological polar surface area (TPSA) is 46.6 Å². The molecule has 4 heteroatoms. The predicted octanol–water partition coefficient (Wildman–Crippen LogP) is 2.28. The SMILES string of the molecule is CCOC(=O)c1ccc(N2CCC(C=O)CC2)cc1. The normalized spacial score (nSPS) is 16.2. The van der Waals surface area contributed by atoms with E-state index in [4.69, 9.17) is 4.74 Å². The lowest BCUT2D eigenvalue weighted by atomic mass is 9.98. The van der Waals surface area contributed by atoms with E-state index in [2.05, 4.69) is 4.90 Å². The predicted molar refractivity (Wildman–Crippen MR) is 73.4 cm³/mol. The Hall–Kier alpha value is -1.84. The fraction of sp³-hybridized carbons (Fsp3) is 0.467. The number of nitrogens with zero attached hydrogens (tertiary/aromatic N) is 1. The maximum absolute atomic E-state index is 11.5. The van der Waals surface area contributed by atoms with E-state index in [1.54, 1.807) is 19.1 Å². The van der Waals surface area contributed by atoms with Crippen LogP contribution >= 0.6 is 0 Å². The van der Waals surface area contributed by atoms with Gasteiger partial charge in [-0.1, -0.05) is 0 Å². The number of aldehydes is 1. The van der Waals surface area contributed by atoms with E-state index in [1.807, 2.05) is 12.1 Å². The van der Waals surface area contributed by atoms with Crippen LogP contribution in [0.5, 0.6) is 0 Å². The van der Waals surface area contributed by atoms with Crippen LogP contribution in [0.1, 0.15) is 30.1 Å². The molecule has 1 aromatic rings. The van der Waals surface area contributed by atoms with Gasteiger partial charge in [-0.15, -0.1) is 0 Å². The highest BCUT2D eigenvalue weighted by Crippen LogP contribution is 2.22. The first-order valence-corrected chi connectivity index (χ1v) is 6.72. The first-order chi connectivity index (χ1) is 9.24. The first kappa shape index (κ1) is 13.6. The lowest BCUT2D eigenvalue weighted by Crippen LogP contribution is -2.34. The van der Waals surface area contributed by atoms with Gasteiger partial charge in [0.15, 0.2) is 0 Å². The van der Waals surface area contributed by atoms with Gasteiger partial charge in [0.1, 0.15) is 6.29 Å². The number of piperidine rings is 1. The zero-order valence-corrected chi connectivity index (χ0v) is 11.2. The number of rotatable bonds is 4. The molecule has 0 aliphatic carbocycles. The average molecular weight is 261 g/mol. The summed E-state index contributed by atoms with van der Waals surface area (Å²) in [7, 11) is 0. The Labute approximate surface area is 113 Å². The second-order valence-electron chi connectivity index (χ2n) is 4.73. The quantitative estimate of drug-likeness (QED) is 0.616. The highest BCUT2D eigenvalue weighted by Gasteiger charge is 2.18. The highest BCUT2D eigenvalue weighted by atomic mass is 16.5. The average Bonchev–Trinajstić information content (AvgIpc) is 2.48. The summed E-state index contributed by atoms with van der Waals surface area (Å²) < 4.78 is 4.95. The highest BCUT2D eigenvalue weighted by molar-refractivity contribution is 5.89. The van der Waals surface area contributed by atoms with Crippen LogP contribution in [0.2, 0.25) is 0 Å². The summed E-state index contributed by atoms with van der Waals surface area (Å²) in [5.74, 6) is -0.0798. The van der Waals surface area contributed by atoms with E-state index in [0.717, 1.165) is 37.9 Å². The van der Waals surface area contributed by atoms with Gasteiger partial charge in [0, 0.05) is 24.7 Å². The molecule has 0 radical (unpaired) electrons. The van der Waals surface area contributed by atoms with E-state index in [0.29, 0.717) is 12.2 Å². The number of carbonyl (C=O) groups excluding carboxylic acids is 2. The lowest BCUT2D eigenvalue weighted by molar-refractivity contribution is -0.111. The summed E-state index contributed by atoms with van der Waals surface area (Å²) in [6, 6.07) is 7.46. The number of anilines is 1. The molecule has 1 aliphatic heterocycles. The summed E-state index contributed by atoms with van der Waals surface area (Å²) >= 11 is 0. The molecule has 0 N–H and O–H groups in total. The number of benzene rings is 1. The molecule has 0 spiro atoms. The van der Waals surface area contributed by atoms with Crippen molar-refractivity contribution in [3.8, 4) is 0 Å². The molecule has 0 amide bonds. The molecule has 1 aromatic carbocycles. The minimum Gasteiger partial charge on any atom is -0.462 e. The number of carbonyl (C=O) groups is 2. The molecule has 0 aromatic heterocycles. The molecule has 1 saturated heterocycles. The summed E-state index contributed by atoms with van der Waals surface area (Å²) in [5.41, 5.74) is 1.67. The lowest BCUT2D eigenvalue weighted by Gasteiger charge is -2.31. The third kappa shape index (κ3) is 3.34. The molecule has 0 atom stereocenters. The molecule has 1 heterocycles. The maximum Gasteiger partial charge on any atom is 0.338 e. The Bertz CT molecular complexity index is 433. The molecule has 0 saturated carbocycles. The zero-order chi connectivity index (χ0) is 13.7. The maximum atomic E-state index is 11.5. The van der Waals surface area contributed by atoms with Crippen LogP contribution < -0.4 is 4.90 Å². The standard InChI is InChI=1S/C15H19NO3/c1-2-19-15(18)13-3-5-14(6-4-13)16-9-7-12(11-17)8-10-16/h3-6,11-12H,2,7-10H2,1H3. The van der Waals surface area contributed by atoms with Gasteiger partial charge in [-0.2, -0.15) is 0 Å². The molecule has 1 fully saturated rings. The molecule has 2 rings (SSSR count). The van der Waals surface area contributed by atoms with Crippen molar-refractivity contribution in [1.29, 1.82) is 0 Å². The van der Waals surface area contributed by atoms with Crippen LogP contribution in [-0.2, 0) is 9.53 Å². The second-order valence-corrected chi connectivity index (χ2v) is 4.73. The largest absolute Gasteiger partial charge is 0.462 e. The van der Waals surface area contributed by atoms with Crippen molar-refractivity contribution >= 4 is 17.9 Å². The number of esters is 1. The van der Waals surface area contributed by atoms with Crippen LogP contribution in [0.15, 0.2) is 24.3 Å². The molecule has 19 heavy (non-hydrogen) atoms. The van der Waals surface area contributed by atoms with E-state index < -0.39 is 0 Å². The first-order valence-electron chi connectivity index (χ1n) is 6.72. The Morgan fingerprint density at radius 1 is 1.32 bits per heavy atom. The van der Waals surface area contributed by atoms with Gasteiger partial charge in [0.05, 0.1) is 12.2 Å². The Balaban J connectivity index is 1.99. The van der Waals surface area contributed by atoms with Gasteiger partial charge in [-0.05, 0) is 44.0 Å². The molecule has 4 nitrogen and oxygen atoms in total. The van der Waals surface area contributed by atoms with Crippen molar-refractivity contribution in [3.05, 3.63) is 29.8 Å². The van der Waals surface area contributed by atoms with Crippen LogP contribution in [-0.4, -0.2) is 32.0 Å². The molecular weight excluding hydrogens is 242 g/mol. The minimum atomic E-state index is -0.284. The van der Waals surface area contributed by atoms with Crippen molar-refractivity contribution in [2.45, 2.75) is 19.8 Å². The minimum absolute atomic E-state index is 0.204. The van der Waals surface area contributed by atoms with Crippen molar-refractivity contribution in [2.24, 2.45) is 5.92 Å². The summed E-state index contributed by atoms with van der Waals surface area (Å²) in [5, 5.41) is 0. The zero-order valence-electron chi connectivity index (χ0n) is 11.2. The summed E-state index contributed by atoms with van der Waals surface area (Å²) in [6.45, 7) is 3.97. The van der Waals surface area contributed by atoms with Gasteiger partial charge in [0.25, 0.3) is 0 Å². The third-order valence-electron chi connectivity index (χ3n) is 3.48. The van der Waals surface area contributed by atoms with E-state index in [1.165, 1.54) is 0 Å². The summed E-state index contributed by atoms with van der Waals surface area (Å²) in [4.78, 5) is 24.5. The molecule has 0 unspecified atom stereocenters. The number of hydrogen-bond acceptors (Lipinski definition) is 4. The van der Waals surface area contributed by atoms with Gasteiger partial charge >= 0.3 is 5.97 Å². The van der Waals surface area contributed by atoms with Gasteiger partial charge < -0.3 is 14.4 Å². The molecule has 102 valence electrons. The Kier molecular flexibility index (Phi) is 4.55. The van der Waals surface area contributed by atoms with Crippen molar-refractivity contribution < 1.29 is 14.3 Å². The fourth-order valence-electron chi connectivity index (χ4n) is 2.32. The van der Waals surface area contributed by atoms with E-state index >= 15 is 0 Å². The molecular formula is C15H19NO3. The van der Waals surface area contributed by atoms with Gasteiger partial charge in [0.2, 0.25) is 0 Å². The van der Waals surface area contributed by atoms with Crippen LogP contribution in [0.25, 0.3) is 0 Å². The number of hydrogen-bond donors (Lipinski definition) is 0. The number of ether oxygens (including phenoxy) is 1. The fourth-order valence-corrected chi connectivity index (χ4v) is 2.32. The van der Waals surface area contributed by atoms with E-state index in [-0.39, 0.29) is 11.9 Å². The molecule has 1 aliphatic rings. The van der Waals surface area contributed by atoms with Gasteiger partial charge in [-0.25, -0.2) is 4.79 Å². The van der Waals surface area contributed by atoms with Crippen LogP contribution in [0.4, 0.5) is 5.69 Å². The van der Waals surface area contributed by atoms with Crippen molar-refractivity contribution in [2.75, 3.05) is 24.6 Å². The second kappa shape index (κ2) is 6.36. The Morgan fingerprint density at radius 2 is 1.95 bits per heavy atom. The van der Waals surface area contributed by atoms with Crippen LogP contribution in [0.3, 0.4) is 0 Å². The van der Waals surface area contributed by atoms with Crippen molar-refractivity contribution in [1.82, 2.24) is 0 Å². The molecule has 0 bridgehead atoms. The van der Waals surface area contributed by atoms with Crippen molar-refractivity contribution in [3.63, 3.8) is 0 Å². The van der Waals surface area contributed by atoms with E-state index in [9.17, 15) is 9.59 Å².